The third-order valence-corrected chi connectivity index (χ3v) is 14.6. The molecule has 0 saturated heterocycles. The molecule has 4 aromatic rings. The van der Waals surface area contributed by atoms with E-state index in [2.05, 4.69) is 48.5 Å². The Morgan fingerprint density at radius 2 is 2.00 bits per heavy atom. The van der Waals surface area contributed by atoms with Crippen molar-refractivity contribution < 1.29 is 23.3 Å². The lowest BCUT2D eigenvalue weighted by atomic mass is 9.68. The molecule has 11 nitrogen and oxygen atoms in total. The van der Waals surface area contributed by atoms with Gasteiger partial charge in [0.25, 0.3) is 11.8 Å². The van der Waals surface area contributed by atoms with Gasteiger partial charge < -0.3 is 24.3 Å². The Morgan fingerprint density at radius 3 is 2.82 bits per heavy atom. The predicted octanol–water partition coefficient (Wildman–Crippen LogP) is 6.77. The Labute approximate surface area is 334 Å². The van der Waals surface area contributed by atoms with Crippen molar-refractivity contribution in [3.63, 3.8) is 0 Å². The molecule has 294 valence electrons. The third-order valence-electron chi connectivity index (χ3n) is 12.9. The molecular formula is C43H49ClN6O5S. The maximum Gasteiger partial charge on any atom is 0.285 e. The second-order valence-corrected chi connectivity index (χ2v) is 18.3. The largest absolute Gasteiger partial charge is 0.490 e. The van der Waals surface area contributed by atoms with Crippen LogP contribution in [0, 0.1) is 17.8 Å². The molecule has 0 radical (unpaired) electrons. The average molecular weight is 797 g/mol. The minimum Gasteiger partial charge on any atom is -0.490 e. The number of aromatic nitrogens is 3. The Bertz CT molecular complexity index is 2330. The molecule has 2 unspecified atom stereocenters. The van der Waals surface area contributed by atoms with Crippen LogP contribution < -0.4 is 15.0 Å². The van der Waals surface area contributed by atoms with Crippen LogP contribution in [0.2, 0.25) is 5.02 Å². The quantitative estimate of drug-likeness (QED) is 0.174. The molecule has 1 saturated carbocycles. The van der Waals surface area contributed by atoms with Gasteiger partial charge >= 0.3 is 0 Å². The lowest BCUT2D eigenvalue weighted by Crippen LogP contribution is -2.49. The fourth-order valence-corrected chi connectivity index (χ4v) is 11.2. The summed E-state index contributed by atoms with van der Waals surface area (Å²) in [6.07, 6.45) is 14.3. The first-order valence-corrected chi connectivity index (χ1v) is 21.5. The summed E-state index contributed by atoms with van der Waals surface area (Å²) < 4.78 is 35.1. The first kappa shape index (κ1) is 37.2. The highest BCUT2D eigenvalue weighted by Crippen LogP contribution is 2.47. The monoisotopic (exact) mass is 796 g/mol. The Kier molecular flexibility index (Phi) is 9.86. The summed E-state index contributed by atoms with van der Waals surface area (Å²) in [5.41, 5.74) is 6.87. The van der Waals surface area contributed by atoms with Gasteiger partial charge in [0.1, 0.15) is 11.1 Å². The van der Waals surface area contributed by atoms with Gasteiger partial charge in [0, 0.05) is 74.2 Å². The van der Waals surface area contributed by atoms with Crippen molar-refractivity contribution in [1.29, 1.82) is 0 Å². The number of carbonyl (C=O) groups excluding carboxylic acids is 2. The average Bonchev–Trinajstić information content (AvgIpc) is 3.75. The number of ether oxygens (including phenoxy) is 2. The standard InChI is InChI=1S/C43H49ClN6O5S/c1-26-6-4-8-38(54-3)32-12-9-29(32)21-50-24-43(16-5-7-27-18-31(44)11-13-34(27)43)25-55-39-14-10-28(19-37(39)50)41(52)47-56(53)42(26)45-40(51)30-20-36-33-23-48(2)46-35(33)15-17-49(36)22-30/h4,8,10-11,13-14,18-20,22-23,26,29,32,38,42,56H,5-7,9,12,15-17,21,24-25H2,1-3H3,(H,45,51)/b8-4+/t26-,29-,32+,38-,42?,43-/m0/s1. The first-order valence-electron chi connectivity index (χ1n) is 19.9. The van der Waals surface area contributed by atoms with Gasteiger partial charge in [-0.15, -0.1) is 0 Å². The van der Waals surface area contributed by atoms with E-state index in [0.29, 0.717) is 42.5 Å². The number of carbonyl (C=O) groups is 2. The summed E-state index contributed by atoms with van der Waals surface area (Å²) in [5, 5.41) is 7.47. The van der Waals surface area contributed by atoms with Crippen molar-refractivity contribution in [2.45, 2.75) is 75.3 Å². The number of aryl methyl sites for hydroxylation is 4. The molecule has 3 aliphatic heterocycles. The second kappa shape index (κ2) is 14.8. The normalized spacial score (nSPS) is 29.3. The molecule has 2 aromatic heterocycles. The number of anilines is 1. The highest BCUT2D eigenvalue weighted by Gasteiger charge is 2.44. The molecular weight excluding hydrogens is 748 g/mol. The molecule has 13 heteroatoms. The zero-order chi connectivity index (χ0) is 38.7. The molecule has 1 N–H and O–H groups in total. The number of halogens is 1. The Balaban J connectivity index is 1.06. The molecule has 2 aromatic carbocycles. The zero-order valence-corrected chi connectivity index (χ0v) is 33.8. The lowest BCUT2D eigenvalue weighted by molar-refractivity contribution is 0.0131. The van der Waals surface area contributed by atoms with Crippen LogP contribution in [-0.2, 0) is 47.2 Å². The Morgan fingerprint density at radius 1 is 1.12 bits per heavy atom. The number of nitrogens with one attached hydrogen (secondary N) is 1. The second-order valence-electron chi connectivity index (χ2n) is 16.5. The van der Waals surface area contributed by atoms with Crippen LogP contribution in [0.5, 0.6) is 5.75 Å². The molecule has 7 atom stereocenters. The number of allylic oxidation sites excluding steroid dienone is 1. The summed E-state index contributed by atoms with van der Waals surface area (Å²) in [4.78, 5) is 30.3. The fraction of sp³-hybridized carbons (Fsp3) is 0.465. The summed E-state index contributed by atoms with van der Waals surface area (Å²) in [7, 11) is 1.10. The molecule has 2 bridgehead atoms. The van der Waals surface area contributed by atoms with E-state index in [1.54, 1.807) is 17.9 Å². The molecule has 1 fully saturated rings. The number of hydrogen-bond donors (Lipinski definition) is 2. The van der Waals surface area contributed by atoms with Gasteiger partial charge in [0.05, 0.1) is 45.9 Å². The lowest BCUT2D eigenvalue weighted by Gasteiger charge is -2.46. The van der Waals surface area contributed by atoms with Crippen molar-refractivity contribution in [1.82, 2.24) is 19.7 Å². The fourth-order valence-electron chi connectivity index (χ4n) is 9.78. The minimum absolute atomic E-state index is 0.0903. The van der Waals surface area contributed by atoms with Gasteiger partial charge in [-0.1, -0.05) is 36.7 Å². The molecule has 5 aliphatic rings. The van der Waals surface area contributed by atoms with Crippen molar-refractivity contribution in [2.75, 3.05) is 31.7 Å². The van der Waals surface area contributed by atoms with Crippen molar-refractivity contribution >= 4 is 39.7 Å². The van der Waals surface area contributed by atoms with Gasteiger partial charge in [-0.05, 0) is 104 Å². The number of nitrogens with zero attached hydrogens (tertiary/aromatic N) is 5. The first-order chi connectivity index (χ1) is 27.1. The highest BCUT2D eigenvalue weighted by atomic mass is 35.5. The van der Waals surface area contributed by atoms with Crippen LogP contribution in [0.15, 0.2) is 71.4 Å². The number of thiol groups is 1. The van der Waals surface area contributed by atoms with E-state index in [9.17, 15) is 13.8 Å². The molecule has 1 spiro atoms. The van der Waals surface area contributed by atoms with Crippen LogP contribution in [0.4, 0.5) is 5.69 Å². The number of amides is 2. The van der Waals surface area contributed by atoms with E-state index in [-0.39, 0.29) is 23.3 Å². The minimum atomic E-state index is -2.56. The van der Waals surface area contributed by atoms with E-state index in [1.807, 2.05) is 50.6 Å². The number of methoxy groups -OCH3 is 1. The van der Waals surface area contributed by atoms with Gasteiger partial charge in [0.15, 0.2) is 0 Å². The smallest absolute Gasteiger partial charge is 0.285 e. The summed E-state index contributed by atoms with van der Waals surface area (Å²) in [6.45, 7) is 4.69. The van der Waals surface area contributed by atoms with Crippen LogP contribution >= 0.6 is 11.6 Å². The van der Waals surface area contributed by atoms with E-state index >= 15 is 0 Å². The molecule has 2 amide bonds. The van der Waals surface area contributed by atoms with Gasteiger partial charge in [-0.2, -0.15) is 9.46 Å². The van der Waals surface area contributed by atoms with E-state index in [0.717, 1.165) is 85.0 Å². The summed E-state index contributed by atoms with van der Waals surface area (Å²) in [6, 6.07) is 13.5. The number of benzene rings is 2. The van der Waals surface area contributed by atoms with Crippen LogP contribution in [0.25, 0.3) is 11.3 Å². The predicted molar refractivity (Wildman–Crippen MR) is 218 cm³/mol. The highest BCUT2D eigenvalue weighted by molar-refractivity contribution is 7.76. The maximum atomic E-state index is 14.2. The Hall–Kier alpha value is -4.39. The van der Waals surface area contributed by atoms with Gasteiger partial charge in [-0.25, -0.2) is 0 Å². The SMILES string of the molecule is CO[C@H]1/C=C/C[C@H](C)C(NC(=O)c2cc3n(c2)CCc2nn(C)cc2-3)/[SH](=O)=N\C(=O)c2ccc3c(c2)N(C[C@@H]2CC[C@H]21)C[C@@]1(CCCc2cc(Cl)ccc21)CO3. The van der Waals surface area contributed by atoms with Crippen molar-refractivity contribution in [2.24, 2.45) is 29.2 Å². The molecule has 56 heavy (non-hydrogen) atoms. The zero-order valence-electron chi connectivity index (χ0n) is 32.1. The van der Waals surface area contributed by atoms with Gasteiger partial charge in [0.2, 0.25) is 0 Å². The molecule has 2 aliphatic carbocycles. The molecule has 5 heterocycles. The van der Waals surface area contributed by atoms with Crippen LogP contribution in [-0.4, -0.2) is 68.7 Å². The summed E-state index contributed by atoms with van der Waals surface area (Å²) in [5.74, 6) is 0.173. The number of fused-ring (bicyclic) bond motifs is 7. The number of hydrogen-bond acceptors (Lipinski definition) is 7. The van der Waals surface area contributed by atoms with Crippen molar-refractivity contribution in [3.05, 3.63) is 100.0 Å². The van der Waals surface area contributed by atoms with E-state index in [4.69, 9.17) is 21.1 Å². The topological polar surface area (TPSA) is 120 Å². The third kappa shape index (κ3) is 6.77. The van der Waals surface area contributed by atoms with Crippen LogP contribution in [0.3, 0.4) is 0 Å². The number of rotatable bonds is 3. The molecule has 9 rings (SSSR count). The summed E-state index contributed by atoms with van der Waals surface area (Å²) >= 11 is 6.48. The van der Waals surface area contributed by atoms with Crippen LogP contribution in [0.1, 0.15) is 76.6 Å². The van der Waals surface area contributed by atoms with Gasteiger partial charge in [-0.3, -0.25) is 18.5 Å². The maximum absolute atomic E-state index is 14.2. The van der Waals surface area contributed by atoms with Crippen molar-refractivity contribution in [3.8, 4) is 17.0 Å². The van der Waals surface area contributed by atoms with E-state index in [1.165, 1.54) is 11.1 Å². The van der Waals surface area contributed by atoms with E-state index < -0.39 is 21.9 Å².